The van der Waals surface area contributed by atoms with Crippen LogP contribution in [0.2, 0.25) is 0 Å². The first-order chi connectivity index (χ1) is 12.2. The summed E-state index contributed by atoms with van der Waals surface area (Å²) in [4.78, 5) is 20.6. The summed E-state index contributed by atoms with van der Waals surface area (Å²) in [5.41, 5.74) is 0.563. The number of furan rings is 1. The molecule has 140 valence electrons. The normalized spacial score (nSPS) is 13.3. The van der Waals surface area contributed by atoms with Crippen molar-refractivity contribution in [3.8, 4) is 5.75 Å². The largest absolute Gasteiger partial charge is 0.481 e. The third kappa shape index (κ3) is 5.16. The molecule has 1 aromatic carbocycles. The van der Waals surface area contributed by atoms with Gasteiger partial charge < -0.3 is 14.0 Å². The highest BCUT2D eigenvalue weighted by Gasteiger charge is 2.31. The molecule has 0 spiro atoms. The monoisotopic (exact) mass is 384 g/mol. The van der Waals surface area contributed by atoms with Gasteiger partial charge in [-0.25, -0.2) is 9.24 Å². The molecule has 0 aliphatic heterocycles. The Morgan fingerprint density at radius 1 is 1.27 bits per heavy atom. The van der Waals surface area contributed by atoms with Crippen LogP contribution in [0.3, 0.4) is 0 Å². The van der Waals surface area contributed by atoms with Crippen LogP contribution in [0.1, 0.15) is 11.3 Å². The molecule has 2 aromatic rings. The lowest BCUT2D eigenvalue weighted by atomic mass is 10.1. The van der Waals surface area contributed by atoms with Gasteiger partial charge in [0.2, 0.25) is 0 Å². The molecule has 1 heterocycles. The topological polar surface area (TPSA) is 132 Å². The molecule has 0 saturated carbocycles. The second-order valence-electron chi connectivity index (χ2n) is 5.39. The molecule has 0 amide bonds. The van der Waals surface area contributed by atoms with Crippen molar-refractivity contribution in [2.45, 2.75) is 13.0 Å². The van der Waals surface area contributed by atoms with Gasteiger partial charge in [0.15, 0.2) is 0 Å². The van der Waals surface area contributed by atoms with Crippen molar-refractivity contribution in [2.75, 3.05) is 14.1 Å². The summed E-state index contributed by atoms with van der Waals surface area (Å²) < 4.78 is 29.8. The predicted octanol–water partition coefficient (Wildman–Crippen LogP) is 3.08. The maximum absolute atomic E-state index is 12.9. The Bertz CT molecular complexity index is 830. The minimum Gasteiger partial charge on any atom is -0.481 e. The standard InChI is InChI=1S/C15H17N2O8P/c1-16(2)26(22,23-10-13-7-8-14(24-13)17(20)21)25-12-5-3-11(4-6-12)9-15(18)19/h3-8H,9-10H2,1-2H3,(H,18,19). The fraction of sp³-hybridized carbons (Fsp3) is 0.267. The number of carbonyl (C=O) groups is 1. The number of aliphatic carboxylic acids is 1. The van der Waals surface area contributed by atoms with E-state index in [1.165, 1.54) is 43.0 Å². The Morgan fingerprint density at radius 2 is 1.92 bits per heavy atom. The first-order valence-corrected chi connectivity index (χ1v) is 8.85. The van der Waals surface area contributed by atoms with E-state index in [-0.39, 0.29) is 24.5 Å². The molecule has 0 saturated heterocycles. The van der Waals surface area contributed by atoms with Gasteiger partial charge >= 0.3 is 19.6 Å². The third-order valence-corrected chi connectivity index (χ3v) is 5.06. The van der Waals surface area contributed by atoms with E-state index in [0.29, 0.717) is 5.56 Å². The minimum absolute atomic E-state index is 0.124. The summed E-state index contributed by atoms with van der Waals surface area (Å²) in [6, 6.07) is 8.56. The van der Waals surface area contributed by atoms with Crippen LogP contribution in [-0.4, -0.2) is 34.8 Å². The van der Waals surface area contributed by atoms with Gasteiger partial charge in [-0.15, -0.1) is 0 Å². The van der Waals surface area contributed by atoms with Crippen LogP contribution in [0, 0.1) is 10.1 Å². The summed E-state index contributed by atoms with van der Waals surface area (Å²) >= 11 is 0. The van der Waals surface area contributed by atoms with Crippen molar-refractivity contribution < 1.29 is 32.9 Å². The Morgan fingerprint density at radius 3 is 2.42 bits per heavy atom. The van der Waals surface area contributed by atoms with Gasteiger partial charge in [-0.1, -0.05) is 12.1 Å². The van der Waals surface area contributed by atoms with Crippen LogP contribution < -0.4 is 4.52 Å². The zero-order chi connectivity index (χ0) is 19.3. The number of benzene rings is 1. The summed E-state index contributed by atoms with van der Waals surface area (Å²) in [5.74, 6) is -1.06. The molecule has 0 bridgehead atoms. The number of nitrogens with zero attached hydrogens (tertiary/aromatic N) is 2. The average molecular weight is 384 g/mol. The van der Waals surface area contributed by atoms with E-state index < -0.39 is 24.5 Å². The molecule has 26 heavy (non-hydrogen) atoms. The van der Waals surface area contributed by atoms with Crippen LogP contribution in [-0.2, 0) is 26.9 Å². The van der Waals surface area contributed by atoms with Crippen LogP contribution in [0.25, 0.3) is 0 Å². The SMILES string of the molecule is CN(C)P(=O)(OCc1ccc([N+](=O)[O-])o1)Oc1ccc(CC(=O)O)cc1. The fourth-order valence-corrected chi connectivity index (χ4v) is 3.01. The molecule has 11 heteroatoms. The van der Waals surface area contributed by atoms with Crippen LogP contribution in [0.4, 0.5) is 5.88 Å². The second-order valence-corrected chi connectivity index (χ2v) is 7.57. The molecule has 0 fully saturated rings. The summed E-state index contributed by atoms with van der Waals surface area (Å²) in [6.07, 6.45) is -0.139. The number of rotatable bonds is 9. The molecular weight excluding hydrogens is 367 g/mol. The maximum Gasteiger partial charge on any atom is 0.461 e. The Labute approximate surface area is 148 Å². The van der Waals surface area contributed by atoms with Crippen molar-refractivity contribution in [3.63, 3.8) is 0 Å². The van der Waals surface area contributed by atoms with Crippen LogP contribution in [0.5, 0.6) is 5.75 Å². The Kier molecular flexibility index (Phi) is 6.14. The van der Waals surface area contributed by atoms with Crippen LogP contribution >= 0.6 is 7.75 Å². The van der Waals surface area contributed by atoms with Gasteiger partial charge in [0, 0.05) is 0 Å². The lowest BCUT2D eigenvalue weighted by Crippen LogP contribution is -2.15. The van der Waals surface area contributed by atoms with Gasteiger partial charge in [0.1, 0.15) is 23.0 Å². The lowest BCUT2D eigenvalue weighted by Gasteiger charge is -2.23. The highest BCUT2D eigenvalue weighted by Crippen LogP contribution is 2.50. The lowest BCUT2D eigenvalue weighted by molar-refractivity contribution is -0.402. The molecule has 0 aliphatic rings. The maximum atomic E-state index is 12.9. The third-order valence-electron chi connectivity index (χ3n) is 3.19. The van der Waals surface area contributed by atoms with E-state index in [1.807, 2.05) is 0 Å². The first-order valence-electron chi connectivity index (χ1n) is 7.35. The number of hydrogen-bond donors (Lipinski definition) is 1. The number of carboxylic acid groups (broad SMARTS) is 1. The van der Waals surface area contributed by atoms with Gasteiger partial charge in [-0.3, -0.25) is 19.4 Å². The van der Waals surface area contributed by atoms with E-state index in [0.717, 1.165) is 0 Å². The zero-order valence-electron chi connectivity index (χ0n) is 14.0. The quantitative estimate of drug-likeness (QED) is 0.393. The molecule has 1 N–H and O–H groups in total. The van der Waals surface area contributed by atoms with Crippen molar-refractivity contribution in [1.29, 1.82) is 0 Å². The smallest absolute Gasteiger partial charge is 0.461 e. The van der Waals surface area contributed by atoms with Gasteiger partial charge in [0.05, 0.1) is 12.5 Å². The number of hydrogen-bond acceptors (Lipinski definition) is 7. The molecule has 0 radical (unpaired) electrons. The average Bonchev–Trinajstić information content (AvgIpc) is 3.03. The predicted molar refractivity (Wildman–Crippen MR) is 89.9 cm³/mol. The molecule has 1 unspecified atom stereocenters. The summed E-state index contributed by atoms with van der Waals surface area (Å²) in [7, 11) is -0.768. The van der Waals surface area contributed by atoms with E-state index in [2.05, 4.69) is 0 Å². The second kappa shape index (κ2) is 8.13. The molecule has 2 rings (SSSR count). The van der Waals surface area contributed by atoms with Gasteiger partial charge in [-0.2, -0.15) is 0 Å². The van der Waals surface area contributed by atoms with Crippen molar-refractivity contribution >= 4 is 19.6 Å². The minimum atomic E-state index is -3.75. The first kappa shape index (κ1) is 19.6. The van der Waals surface area contributed by atoms with Crippen molar-refractivity contribution in [3.05, 3.63) is 57.8 Å². The van der Waals surface area contributed by atoms with Gasteiger partial charge in [0.25, 0.3) is 0 Å². The Balaban J connectivity index is 2.07. The zero-order valence-corrected chi connectivity index (χ0v) is 14.9. The van der Waals surface area contributed by atoms with E-state index in [1.54, 1.807) is 12.1 Å². The highest BCUT2D eigenvalue weighted by atomic mass is 31.2. The molecule has 0 aliphatic carbocycles. The fourth-order valence-electron chi connectivity index (χ4n) is 1.89. The molecular formula is C15H17N2O8P. The summed E-state index contributed by atoms with van der Waals surface area (Å²) in [6.45, 7) is -0.291. The summed E-state index contributed by atoms with van der Waals surface area (Å²) in [5, 5.41) is 19.4. The van der Waals surface area contributed by atoms with E-state index in [4.69, 9.17) is 18.6 Å². The molecule has 10 nitrogen and oxygen atoms in total. The highest BCUT2D eigenvalue weighted by molar-refractivity contribution is 7.51. The Hall–Kier alpha value is -2.68. The molecule has 1 aromatic heterocycles. The van der Waals surface area contributed by atoms with Crippen molar-refractivity contribution in [2.24, 2.45) is 0 Å². The number of nitro groups is 1. The number of carboxylic acids is 1. The van der Waals surface area contributed by atoms with Crippen molar-refractivity contribution in [1.82, 2.24) is 4.67 Å². The van der Waals surface area contributed by atoms with Crippen LogP contribution in [0.15, 0.2) is 40.8 Å². The van der Waals surface area contributed by atoms with E-state index in [9.17, 15) is 19.5 Å². The van der Waals surface area contributed by atoms with E-state index >= 15 is 0 Å². The molecule has 1 atom stereocenters. The van der Waals surface area contributed by atoms with Gasteiger partial charge in [-0.05, 0) is 37.9 Å².